The standard InChI is InChI=1S/C7H3Br2N3S/c8-6-10-5(11-7(9)12-6)4-1-2-13-3-4/h1-3H. The normalized spacial score (nSPS) is 10.3. The fraction of sp³-hybridized carbons (Fsp3) is 0. The van der Waals surface area contributed by atoms with Crippen LogP contribution in [0.3, 0.4) is 0 Å². The Hall–Kier alpha value is -0.330. The van der Waals surface area contributed by atoms with Crippen molar-refractivity contribution in [1.82, 2.24) is 15.0 Å². The minimum atomic E-state index is 0.538. The van der Waals surface area contributed by atoms with Crippen LogP contribution in [-0.2, 0) is 0 Å². The second kappa shape index (κ2) is 3.81. The molecule has 2 heterocycles. The first-order valence-electron chi connectivity index (χ1n) is 3.35. The van der Waals surface area contributed by atoms with Gasteiger partial charge in [-0.2, -0.15) is 16.3 Å². The summed E-state index contributed by atoms with van der Waals surface area (Å²) >= 11 is 8.03. The lowest BCUT2D eigenvalue weighted by molar-refractivity contribution is 0.985. The van der Waals surface area contributed by atoms with Crippen LogP contribution in [0.5, 0.6) is 0 Å². The molecule has 0 fully saturated rings. The highest BCUT2D eigenvalue weighted by molar-refractivity contribution is 9.11. The Labute approximate surface area is 95.5 Å². The Balaban J connectivity index is 2.53. The highest BCUT2D eigenvalue weighted by Gasteiger charge is 2.04. The minimum absolute atomic E-state index is 0.538. The number of nitrogens with zero attached hydrogens (tertiary/aromatic N) is 3. The molecule has 0 aromatic carbocycles. The predicted octanol–water partition coefficient (Wildman–Crippen LogP) is 3.13. The molecule has 6 heteroatoms. The third-order valence-electron chi connectivity index (χ3n) is 1.36. The van der Waals surface area contributed by atoms with Gasteiger partial charge in [-0.3, -0.25) is 0 Å². The van der Waals surface area contributed by atoms with Gasteiger partial charge in [0.1, 0.15) is 0 Å². The lowest BCUT2D eigenvalue weighted by Gasteiger charge is -1.96. The number of rotatable bonds is 1. The summed E-state index contributed by atoms with van der Waals surface area (Å²) in [4.78, 5) is 12.3. The number of halogens is 2. The molecule has 0 aliphatic carbocycles. The third-order valence-corrected chi connectivity index (χ3v) is 2.75. The van der Waals surface area contributed by atoms with E-state index >= 15 is 0 Å². The Morgan fingerprint density at radius 3 is 2.31 bits per heavy atom. The number of hydrogen-bond donors (Lipinski definition) is 0. The molecule has 0 radical (unpaired) electrons. The van der Waals surface area contributed by atoms with E-state index in [1.807, 2.05) is 16.8 Å². The summed E-state index contributed by atoms with van der Waals surface area (Å²) in [5.41, 5.74) is 1.01. The number of aromatic nitrogens is 3. The lowest BCUT2D eigenvalue weighted by atomic mass is 10.3. The highest BCUT2D eigenvalue weighted by atomic mass is 79.9. The van der Waals surface area contributed by atoms with Gasteiger partial charge < -0.3 is 0 Å². The Morgan fingerprint density at radius 1 is 1.08 bits per heavy atom. The van der Waals surface area contributed by atoms with E-state index in [2.05, 4.69) is 46.8 Å². The van der Waals surface area contributed by atoms with Gasteiger partial charge in [0.25, 0.3) is 0 Å². The van der Waals surface area contributed by atoms with Crippen molar-refractivity contribution in [2.75, 3.05) is 0 Å². The average Bonchev–Trinajstić information content (AvgIpc) is 2.53. The van der Waals surface area contributed by atoms with Gasteiger partial charge in [-0.1, -0.05) is 0 Å². The maximum absolute atomic E-state index is 4.15. The summed E-state index contributed by atoms with van der Waals surface area (Å²) in [5.74, 6) is 0.676. The monoisotopic (exact) mass is 319 g/mol. The fourth-order valence-electron chi connectivity index (χ4n) is 0.847. The van der Waals surface area contributed by atoms with Gasteiger partial charge in [0, 0.05) is 10.9 Å². The summed E-state index contributed by atoms with van der Waals surface area (Å²) in [7, 11) is 0. The second-order valence-corrected chi connectivity index (χ2v) is 4.41. The Kier molecular flexibility index (Phi) is 2.71. The van der Waals surface area contributed by atoms with Crippen LogP contribution in [0.2, 0.25) is 0 Å². The average molecular weight is 321 g/mol. The van der Waals surface area contributed by atoms with Crippen LogP contribution in [0.25, 0.3) is 11.4 Å². The van der Waals surface area contributed by atoms with Crippen LogP contribution in [0.1, 0.15) is 0 Å². The molecule has 0 spiro atoms. The van der Waals surface area contributed by atoms with Gasteiger partial charge in [0.15, 0.2) is 5.82 Å². The Morgan fingerprint density at radius 2 is 1.77 bits per heavy atom. The Bertz CT molecular complexity index is 395. The van der Waals surface area contributed by atoms with E-state index in [-0.39, 0.29) is 0 Å². The van der Waals surface area contributed by atoms with Crippen molar-refractivity contribution in [1.29, 1.82) is 0 Å². The molecule has 2 aromatic rings. The van der Waals surface area contributed by atoms with Gasteiger partial charge in [-0.05, 0) is 43.3 Å². The molecule has 3 nitrogen and oxygen atoms in total. The largest absolute Gasteiger partial charge is 0.202 e. The van der Waals surface area contributed by atoms with Crippen LogP contribution >= 0.6 is 43.2 Å². The minimum Gasteiger partial charge on any atom is -0.202 e. The van der Waals surface area contributed by atoms with Gasteiger partial charge in [0.2, 0.25) is 9.47 Å². The molecule has 2 aromatic heterocycles. The first-order valence-corrected chi connectivity index (χ1v) is 5.88. The van der Waals surface area contributed by atoms with Crippen molar-refractivity contribution in [2.45, 2.75) is 0 Å². The van der Waals surface area contributed by atoms with Gasteiger partial charge in [0.05, 0.1) is 0 Å². The summed E-state index contributed by atoms with van der Waals surface area (Å²) < 4.78 is 1.08. The van der Waals surface area contributed by atoms with E-state index < -0.39 is 0 Å². The van der Waals surface area contributed by atoms with Crippen LogP contribution in [0, 0.1) is 0 Å². The van der Waals surface area contributed by atoms with Crippen molar-refractivity contribution in [2.24, 2.45) is 0 Å². The first-order chi connectivity index (χ1) is 6.25. The molecule has 13 heavy (non-hydrogen) atoms. The quantitative estimate of drug-likeness (QED) is 0.810. The number of hydrogen-bond acceptors (Lipinski definition) is 4. The molecule has 0 bridgehead atoms. The zero-order chi connectivity index (χ0) is 9.26. The molecule has 66 valence electrons. The van der Waals surface area contributed by atoms with Crippen molar-refractivity contribution in [3.63, 3.8) is 0 Å². The molecule has 0 aliphatic heterocycles. The van der Waals surface area contributed by atoms with Crippen LogP contribution in [0.4, 0.5) is 0 Å². The lowest BCUT2D eigenvalue weighted by Crippen LogP contribution is -1.92. The summed E-state index contributed by atoms with van der Waals surface area (Å²) in [6.07, 6.45) is 0. The van der Waals surface area contributed by atoms with E-state index in [0.29, 0.717) is 15.3 Å². The van der Waals surface area contributed by atoms with Gasteiger partial charge in [-0.25, -0.2) is 9.97 Å². The third kappa shape index (κ3) is 2.12. The highest BCUT2D eigenvalue weighted by Crippen LogP contribution is 2.20. The van der Waals surface area contributed by atoms with Gasteiger partial charge >= 0.3 is 0 Å². The summed E-state index contributed by atoms with van der Waals surface area (Å²) in [6.45, 7) is 0. The molecular weight excluding hydrogens is 318 g/mol. The SMILES string of the molecule is Brc1nc(Br)nc(-c2ccsc2)n1. The molecule has 0 atom stereocenters. The van der Waals surface area contributed by atoms with Crippen LogP contribution in [0.15, 0.2) is 26.3 Å². The van der Waals surface area contributed by atoms with Crippen molar-refractivity contribution in [3.8, 4) is 11.4 Å². The van der Waals surface area contributed by atoms with Crippen molar-refractivity contribution >= 4 is 43.2 Å². The topological polar surface area (TPSA) is 38.7 Å². The smallest absolute Gasteiger partial charge is 0.201 e. The summed E-state index contributed by atoms with van der Waals surface area (Å²) in [5, 5.41) is 3.98. The summed E-state index contributed by atoms with van der Waals surface area (Å²) in [6, 6.07) is 1.97. The maximum Gasteiger partial charge on any atom is 0.201 e. The first kappa shape index (κ1) is 9.23. The zero-order valence-electron chi connectivity index (χ0n) is 6.24. The number of thiophene rings is 1. The molecule has 0 aliphatic rings. The van der Waals surface area contributed by atoms with E-state index in [4.69, 9.17) is 0 Å². The zero-order valence-corrected chi connectivity index (χ0v) is 10.2. The molecule has 0 amide bonds. The van der Waals surface area contributed by atoms with E-state index in [9.17, 15) is 0 Å². The predicted molar refractivity (Wildman–Crippen MR) is 58.5 cm³/mol. The van der Waals surface area contributed by atoms with E-state index in [1.54, 1.807) is 11.3 Å². The maximum atomic E-state index is 4.15. The molecule has 0 N–H and O–H groups in total. The molecule has 0 unspecified atom stereocenters. The van der Waals surface area contributed by atoms with E-state index in [0.717, 1.165) is 5.56 Å². The van der Waals surface area contributed by atoms with Crippen LogP contribution in [-0.4, -0.2) is 15.0 Å². The van der Waals surface area contributed by atoms with Crippen molar-refractivity contribution in [3.05, 3.63) is 26.3 Å². The van der Waals surface area contributed by atoms with Crippen molar-refractivity contribution < 1.29 is 0 Å². The van der Waals surface area contributed by atoms with Crippen LogP contribution < -0.4 is 0 Å². The molecular formula is C7H3Br2N3S. The molecule has 2 rings (SSSR count). The molecule has 0 saturated carbocycles. The van der Waals surface area contributed by atoms with E-state index in [1.165, 1.54) is 0 Å². The van der Waals surface area contributed by atoms with Gasteiger partial charge in [-0.15, -0.1) is 0 Å². The second-order valence-electron chi connectivity index (χ2n) is 2.21. The molecule has 0 saturated heterocycles. The fourth-order valence-corrected chi connectivity index (χ4v) is 2.39.